The molecule has 47 heavy (non-hydrogen) atoms. The van der Waals surface area contributed by atoms with Crippen LogP contribution in [0.3, 0.4) is 0 Å². The summed E-state index contributed by atoms with van der Waals surface area (Å²) in [6.45, 7) is 0. The van der Waals surface area contributed by atoms with Crippen molar-refractivity contribution >= 4 is 70.3 Å². The Balaban J connectivity index is 0. The van der Waals surface area contributed by atoms with E-state index < -0.39 is 29.8 Å². The Morgan fingerprint density at radius 1 is 0.277 bits per heavy atom. The number of carboxylic acids is 5. The van der Waals surface area contributed by atoms with Crippen LogP contribution in [0.2, 0.25) is 0 Å². The predicted molar refractivity (Wildman–Crippen MR) is 165 cm³/mol. The van der Waals surface area contributed by atoms with Crippen molar-refractivity contribution in [1.29, 1.82) is 0 Å². The van der Waals surface area contributed by atoms with Crippen LogP contribution in [0.15, 0.2) is 152 Å². The maximum Gasteiger partial charge on any atom is 3.00 e. The van der Waals surface area contributed by atoms with Gasteiger partial charge in [0.05, 0.1) is 29.8 Å². The molecule has 0 aliphatic heterocycles. The van der Waals surface area contributed by atoms with Gasteiger partial charge in [0.25, 0.3) is 0 Å². The SMILES string of the molecule is O=C([O-])c1ccccc1.O=C([O-])c1ccccc1.O=C([O-])c1ccccc1.O=C([O-])c1ccccc1.O=C([O-])c1ccccc1.[Al+3].[Mg+2]. The van der Waals surface area contributed by atoms with Crippen molar-refractivity contribution in [2.75, 3.05) is 0 Å². The second-order valence-electron chi connectivity index (χ2n) is 8.27. The van der Waals surface area contributed by atoms with Gasteiger partial charge in [0.15, 0.2) is 0 Å². The van der Waals surface area contributed by atoms with E-state index in [1.807, 2.05) is 0 Å². The summed E-state index contributed by atoms with van der Waals surface area (Å²) in [4.78, 5) is 50.4. The number of benzene rings is 5. The molecule has 0 aromatic heterocycles. The summed E-state index contributed by atoms with van der Waals surface area (Å²) < 4.78 is 0. The third-order valence-corrected chi connectivity index (χ3v) is 5.05. The van der Waals surface area contributed by atoms with E-state index in [1.54, 1.807) is 91.0 Å². The number of hydrogen-bond acceptors (Lipinski definition) is 10. The second-order valence-corrected chi connectivity index (χ2v) is 8.27. The minimum absolute atomic E-state index is 0. The van der Waals surface area contributed by atoms with Gasteiger partial charge in [-0.2, -0.15) is 0 Å². The van der Waals surface area contributed by atoms with Crippen LogP contribution < -0.4 is 25.5 Å². The van der Waals surface area contributed by atoms with E-state index in [4.69, 9.17) is 0 Å². The van der Waals surface area contributed by atoms with Crippen molar-refractivity contribution < 1.29 is 49.5 Å². The van der Waals surface area contributed by atoms with Crippen molar-refractivity contribution in [2.24, 2.45) is 0 Å². The van der Waals surface area contributed by atoms with Crippen molar-refractivity contribution in [3.8, 4) is 0 Å². The first-order valence-electron chi connectivity index (χ1n) is 12.8. The fraction of sp³-hybridized carbons (Fsp3) is 0. The zero-order chi connectivity index (χ0) is 33.5. The second kappa shape index (κ2) is 26.0. The fourth-order valence-corrected chi connectivity index (χ4v) is 2.87. The number of rotatable bonds is 5. The summed E-state index contributed by atoms with van der Waals surface area (Å²) in [5, 5.41) is 50.4. The molecular formula is C35H25AlMgO10. The smallest absolute Gasteiger partial charge is 0.545 e. The van der Waals surface area contributed by atoms with E-state index in [-0.39, 0.29) is 68.2 Å². The molecule has 10 nitrogen and oxygen atoms in total. The van der Waals surface area contributed by atoms with Gasteiger partial charge in [-0.05, 0) is 27.8 Å². The van der Waals surface area contributed by atoms with Crippen molar-refractivity contribution in [3.05, 3.63) is 179 Å². The number of hydrogen-bond donors (Lipinski definition) is 0. The Morgan fingerprint density at radius 2 is 0.383 bits per heavy atom. The molecule has 0 aliphatic carbocycles. The monoisotopic (exact) mass is 656 g/mol. The van der Waals surface area contributed by atoms with E-state index in [0.717, 1.165) is 0 Å². The molecule has 0 fully saturated rings. The van der Waals surface area contributed by atoms with E-state index in [0.29, 0.717) is 0 Å². The molecule has 5 aromatic carbocycles. The number of carbonyl (C=O) groups is 5. The average Bonchev–Trinajstić information content (AvgIpc) is 3.08. The zero-order valence-electron chi connectivity index (χ0n) is 24.8. The van der Waals surface area contributed by atoms with Gasteiger partial charge < -0.3 is 49.5 Å². The van der Waals surface area contributed by atoms with Crippen LogP contribution in [-0.4, -0.2) is 70.3 Å². The molecule has 0 saturated carbocycles. The van der Waals surface area contributed by atoms with Gasteiger partial charge in [0.1, 0.15) is 0 Å². The fourth-order valence-electron chi connectivity index (χ4n) is 2.87. The Hall–Kier alpha value is -5.25. The molecule has 0 aliphatic rings. The Kier molecular flexibility index (Phi) is 24.3. The third kappa shape index (κ3) is 20.4. The van der Waals surface area contributed by atoms with Gasteiger partial charge in [-0.1, -0.05) is 152 Å². The van der Waals surface area contributed by atoms with Gasteiger partial charge in [-0.3, -0.25) is 0 Å². The van der Waals surface area contributed by atoms with E-state index in [2.05, 4.69) is 0 Å². The van der Waals surface area contributed by atoms with Gasteiger partial charge >= 0.3 is 40.4 Å². The molecule has 5 rings (SSSR count). The predicted octanol–water partition coefficient (Wildman–Crippen LogP) is -0.511. The van der Waals surface area contributed by atoms with Crippen molar-refractivity contribution in [3.63, 3.8) is 0 Å². The van der Waals surface area contributed by atoms with Crippen LogP contribution in [0.5, 0.6) is 0 Å². The molecule has 0 spiro atoms. The number of carbonyl (C=O) groups excluding carboxylic acids is 5. The minimum Gasteiger partial charge on any atom is -0.545 e. The molecule has 230 valence electrons. The molecule has 0 saturated heterocycles. The molecule has 0 radical (unpaired) electrons. The molecule has 5 aromatic rings. The van der Waals surface area contributed by atoms with Crippen LogP contribution in [0.25, 0.3) is 0 Å². The first-order chi connectivity index (χ1) is 21.5. The van der Waals surface area contributed by atoms with Gasteiger partial charge in [0.2, 0.25) is 0 Å². The van der Waals surface area contributed by atoms with Crippen LogP contribution in [0.4, 0.5) is 0 Å². The molecule has 0 amide bonds. The molecule has 0 unspecified atom stereocenters. The largest absolute Gasteiger partial charge is 3.00 e. The summed E-state index contributed by atoms with van der Waals surface area (Å²) in [6.07, 6.45) is 0. The summed E-state index contributed by atoms with van der Waals surface area (Å²) in [5.74, 6) is -5.65. The summed E-state index contributed by atoms with van der Waals surface area (Å²) in [5.41, 5.74) is 1.10. The van der Waals surface area contributed by atoms with Gasteiger partial charge in [-0.15, -0.1) is 0 Å². The topological polar surface area (TPSA) is 201 Å². The normalized spacial score (nSPS) is 8.51. The Bertz CT molecular complexity index is 1320. The van der Waals surface area contributed by atoms with E-state index >= 15 is 0 Å². The van der Waals surface area contributed by atoms with Crippen LogP contribution in [-0.2, 0) is 0 Å². The molecule has 0 heterocycles. The van der Waals surface area contributed by atoms with Gasteiger partial charge in [0, 0.05) is 0 Å². The number of carboxylic acid groups (broad SMARTS) is 5. The maximum absolute atomic E-state index is 10.1. The number of aromatic carboxylic acids is 5. The van der Waals surface area contributed by atoms with Crippen molar-refractivity contribution in [1.82, 2.24) is 0 Å². The summed E-state index contributed by atoms with van der Waals surface area (Å²) in [7, 11) is 0. The zero-order valence-corrected chi connectivity index (χ0v) is 27.4. The molecule has 0 atom stereocenters. The Morgan fingerprint density at radius 3 is 0.447 bits per heavy atom. The third-order valence-electron chi connectivity index (χ3n) is 5.05. The standard InChI is InChI=1S/5C7H6O2.Al.Mg/c5*8-7(9)6-4-2-1-3-5-6;;/h5*1-5H,(H,8,9);;/q;;;;;+3;+2/p-5. The van der Waals surface area contributed by atoms with Crippen LogP contribution in [0, 0.1) is 0 Å². The Labute approximate surface area is 297 Å². The van der Waals surface area contributed by atoms with Crippen LogP contribution in [0.1, 0.15) is 51.8 Å². The summed E-state index contributed by atoms with van der Waals surface area (Å²) >= 11 is 0. The molecular weight excluding hydrogens is 632 g/mol. The van der Waals surface area contributed by atoms with Crippen molar-refractivity contribution in [2.45, 2.75) is 0 Å². The van der Waals surface area contributed by atoms with E-state index in [1.165, 1.54) is 60.7 Å². The summed E-state index contributed by atoms with van der Waals surface area (Å²) in [6, 6.07) is 40.3. The maximum atomic E-state index is 10.1. The first-order valence-corrected chi connectivity index (χ1v) is 12.8. The van der Waals surface area contributed by atoms with Crippen LogP contribution >= 0.6 is 0 Å². The molecule has 12 heteroatoms. The molecule has 0 N–H and O–H groups in total. The minimum atomic E-state index is -1.13. The average molecular weight is 657 g/mol. The molecule has 0 bridgehead atoms. The van der Waals surface area contributed by atoms with Gasteiger partial charge in [-0.25, -0.2) is 0 Å². The van der Waals surface area contributed by atoms with E-state index in [9.17, 15) is 49.5 Å². The first kappa shape index (κ1) is 43.9. The quantitative estimate of drug-likeness (QED) is 0.222.